The van der Waals surface area contributed by atoms with Crippen LogP contribution in [-0.4, -0.2) is 54.2 Å². The minimum atomic E-state index is 0.132. The third-order valence-electron chi connectivity index (χ3n) is 4.59. The van der Waals surface area contributed by atoms with Gasteiger partial charge in [-0.1, -0.05) is 38.1 Å². The molecule has 1 fully saturated rings. The molecule has 0 spiro atoms. The lowest BCUT2D eigenvalue weighted by atomic mass is 9.98. The van der Waals surface area contributed by atoms with Crippen LogP contribution in [0.25, 0.3) is 0 Å². The molecule has 1 N–H and O–H groups in total. The van der Waals surface area contributed by atoms with Crippen molar-refractivity contribution in [1.82, 2.24) is 9.80 Å². The molecule has 2 atom stereocenters. The maximum atomic E-state index is 9.81. The summed E-state index contributed by atoms with van der Waals surface area (Å²) in [4.78, 5) is 4.79. The molecule has 112 valence electrons. The van der Waals surface area contributed by atoms with Crippen LogP contribution in [-0.2, 0) is 0 Å². The van der Waals surface area contributed by atoms with Crippen LogP contribution in [0.1, 0.15) is 43.9 Å². The van der Waals surface area contributed by atoms with Crippen molar-refractivity contribution in [2.75, 3.05) is 33.3 Å². The number of nitrogens with zero attached hydrogens (tertiary/aromatic N) is 2. The highest BCUT2D eigenvalue weighted by molar-refractivity contribution is 5.27. The van der Waals surface area contributed by atoms with E-state index in [9.17, 15) is 5.11 Å². The van der Waals surface area contributed by atoms with Gasteiger partial charge >= 0.3 is 0 Å². The first kappa shape index (κ1) is 15.5. The Labute approximate surface area is 123 Å². The zero-order valence-corrected chi connectivity index (χ0v) is 13.2. The highest BCUT2D eigenvalue weighted by atomic mass is 16.3. The molecule has 1 saturated heterocycles. The molecule has 3 nitrogen and oxygen atoms in total. The molecule has 20 heavy (non-hydrogen) atoms. The number of aliphatic hydroxyl groups is 1. The number of likely N-dealkylation sites (N-methyl/N-ethyl adjacent to an activating group) is 1. The van der Waals surface area contributed by atoms with Crippen molar-refractivity contribution in [3.63, 3.8) is 0 Å². The van der Waals surface area contributed by atoms with E-state index >= 15 is 0 Å². The van der Waals surface area contributed by atoms with E-state index in [1.165, 1.54) is 11.1 Å². The van der Waals surface area contributed by atoms with Crippen LogP contribution in [0.3, 0.4) is 0 Å². The second kappa shape index (κ2) is 6.70. The lowest BCUT2D eigenvalue weighted by molar-refractivity contribution is 0.0464. The topological polar surface area (TPSA) is 26.7 Å². The predicted molar refractivity (Wildman–Crippen MR) is 84.0 cm³/mol. The van der Waals surface area contributed by atoms with Gasteiger partial charge in [0.25, 0.3) is 0 Å². The second-order valence-electron chi connectivity index (χ2n) is 6.34. The van der Waals surface area contributed by atoms with E-state index in [4.69, 9.17) is 0 Å². The van der Waals surface area contributed by atoms with E-state index in [0.29, 0.717) is 12.0 Å². The molecule has 1 aromatic rings. The largest absolute Gasteiger partial charge is 0.394 e. The Bertz CT molecular complexity index is 416. The van der Waals surface area contributed by atoms with Gasteiger partial charge in [-0.25, -0.2) is 0 Å². The summed E-state index contributed by atoms with van der Waals surface area (Å²) in [5, 5.41) is 9.81. The lowest BCUT2D eigenvalue weighted by Crippen LogP contribution is -2.51. The van der Waals surface area contributed by atoms with Gasteiger partial charge in [0.15, 0.2) is 0 Å². The summed E-state index contributed by atoms with van der Waals surface area (Å²) < 4.78 is 0. The molecule has 0 amide bonds. The third-order valence-corrected chi connectivity index (χ3v) is 4.59. The Balaban J connectivity index is 2.11. The summed E-state index contributed by atoms with van der Waals surface area (Å²) in [6.07, 6.45) is 0. The third kappa shape index (κ3) is 3.40. The minimum Gasteiger partial charge on any atom is -0.394 e. The predicted octanol–water partition coefficient (Wildman–Crippen LogP) is 2.48. The highest BCUT2D eigenvalue weighted by Gasteiger charge is 2.27. The summed E-state index contributed by atoms with van der Waals surface area (Å²) >= 11 is 0. The molecule has 3 heteroatoms. The zero-order valence-electron chi connectivity index (χ0n) is 13.2. The summed E-state index contributed by atoms with van der Waals surface area (Å²) in [6.45, 7) is 9.98. The van der Waals surface area contributed by atoms with Gasteiger partial charge in [-0.05, 0) is 31.0 Å². The smallest absolute Gasteiger partial charge is 0.0628 e. The van der Waals surface area contributed by atoms with Gasteiger partial charge in [0.1, 0.15) is 0 Å². The highest BCUT2D eigenvalue weighted by Crippen LogP contribution is 2.25. The van der Waals surface area contributed by atoms with E-state index in [-0.39, 0.29) is 12.6 Å². The van der Waals surface area contributed by atoms with E-state index in [1.54, 1.807) is 0 Å². The van der Waals surface area contributed by atoms with Gasteiger partial charge in [0.05, 0.1) is 12.6 Å². The van der Waals surface area contributed by atoms with E-state index in [0.717, 1.165) is 19.6 Å². The first-order valence-electron chi connectivity index (χ1n) is 7.68. The first-order valence-corrected chi connectivity index (χ1v) is 7.68. The van der Waals surface area contributed by atoms with Gasteiger partial charge in [0, 0.05) is 25.7 Å². The Morgan fingerprint density at radius 2 is 1.75 bits per heavy atom. The molecule has 1 aliphatic rings. The van der Waals surface area contributed by atoms with E-state index in [2.05, 4.69) is 61.9 Å². The Morgan fingerprint density at radius 1 is 1.15 bits per heavy atom. The molecule has 2 unspecified atom stereocenters. The number of hydrogen-bond donors (Lipinski definition) is 1. The molecular weight excluding hydrogens is 248 g/mol. The summed E-state index contributed by atoms with van der Waals surface area (Å²) in [7, 11) is 2.17. The van der Waals surface area contributed by atoms with Crippen LogP contribution >= 0.6 is 0 Å². The number of hydrogen-bond acceptors (Lipinski definition) is 3. The number of aliphatic hydroxyl groups excluding tert-OH is 1. The van der Waals surface area contributed by atoms with Gasteiger partial charge in [0.2, 0.25) is 0 Å². The van der Waals surface area contributed by atoms with Crippen molar-refractivity contribution < 1.29 is 5.11 Å². The molecule has 1 heterocycles. The maximum absolute atomic E-state index is 9.81. The van der Waals surface area contributed by atoms with E-state index < -0.39 is 0 Å². The summed E-state index contributed by atoms with van der Waals surface area (Å²) in [5.74, 6) is 0.556. The molecule has 0 aromatic heterocycles. The molecule has 1 aromatic carbocycles. The van der Waals surface area contributed by atoms with Crippen LogP contribution < -0.4 is 0 Å². The molecule has 1 aliphatic heterocycles. The van der Waals surface area contributed by atoms with Gasteiger partial charge < -0.3 is 10.0 Å². The summed E-state index contributed by atoms with van der Waals surface area (Å²) in [6, 6.07) is 9.43. The molecule has 0 aliphatic carbocycles. The fraction of sp³-hybridized carbons (Fsp3) is 0.647. The summed E-state index contributed by atoms with van der Waals surface area (Å²) in [5.41, 5.74) is 2.59. The van der Waals surface area contributed by atoms with Crippen molar-refractivity contribution in [2.24, 2.45) is 0 Å². The molecule has 0 saturated carbocycles. The fourth-order valence-corrected chi connectivity index (χ4v) is 2.89. The first-order chi connectivity index (χ1) is 9.52. The maximum Gasteiger partial charge on any atom is 0.0628 e. The van der Waals surface area contributed by atoms with Gasteiger partial charge in [-0.3, -0.25) is 4.90 Å². The SMILES string of the molecule is CC(C)c1ccc(C(CO)N2CCN(C)C(C)C2)cc1. The van der Waals surface area contributed by atoms with Crippen molar-refractivity contribution >= 4 is 0 Å². The van der Waals surface area contributed by atoms with Crippen molar-refractivity contribution in [2.45, 2.75) is 38.8 Å². The van der Waals surface area contributed by atoms with Crippen LogP contribution in [0.2, 0.25) is 0 Å². The quantitative estimate of drug-likeness (QED) is 0.915. The van der Waals surface area contributed by atoms with Crippen molar-refractivity contribution in [3.05, 3.63) is 35.4 Å². The van der Waals surface area contributed by atoms with Crippen LogP contribution in [0, 0.1) is 0 Å². The number of piperazine rings is 1. The Hall–Kier alpha value is -0.900. The van der Waals surface area contributed by atoms with Gasteiger partial charge in [-0.2, -0.15) is 0 Å². The van der Waals surface area contributed by atoms with Crippen LogP contribution in [0.5, 0.6) is 0 Å². The monoisotopic (exact) mass is 276 g/mol. The molecular formula is C17H28N2O. The molecule has 0 radical (unpaired) electrons. The average molecular weight is 276 g/mol. The van der Waals surface area contributed by atoms with Gasteiger partial charge in [-0.15, -0.1) is 0 Å². The Morgan fingerprint density at radius 3 is 2.25 bits per heavy atom. The van der Waals surface area contributed by atoms with Crippen LogP contribution in [0.4, 0.5) is 0 Å². The lowest BCUT2D eigenvalue weighted by Gasteiger charge is -2.41. The number of benzene rings is 1. The number of rotatable bonds is 4. The van der Waals surface area contributed by atoms with E-state index in [1.807, 2.05) is 0 Å². The van der Waals surface area contributed by atoms with Crippen molar-refractivity contribution in [1.29, 1.82) is 0 Å². The zero-order chi connectivity index (χ0) is 14.7. The average Bonchev–Trinajstić information content (AvgIpc) is 2.44. The fourth-order valence-electron chi connectivity index (χ4n) is 2.89. The minimum absolute atomic E-state index is 0.132. The standard InChI is InChI=1S/C17H28N2O/c1-13(2)15-5-7-16(8-6-15)17(12-20)19-10-9-18(4)14(3)11-19/h5-8,13-14,17,20H,9-12H2,1-4H3. The van der Waals surface area contributed by atoms with Crippen LogP contribution in [0.15, 0.2) is 24.3 Å². The normalized spacial score (nSPS) is 23.2. The second-order valence-corrected chi connectivity index (χ2v) is 6.34. The molecule has 0 bridgehead atoms. The Kier molecular flexibility index (Phi) is 5.19. The molecule has 2 rings (SSSR count). The van der Waals surface area contributed by atoms with Crippen molar-refractivity contribution in [3.8, 4) is 0 Å².